The maximum atomic E-state index is 11.1. The fraction of sp³-hybridized carbons (Fsp3) is 0. The Balaban J connectivity index is 2.63. The number of benzene rings is 1. The predicted molar refractivity (Wildman–Crippen MR) is 57.3 cm³/mol. The number of carbonyl (C=O) groups is 1. The smallest absolute Gasteiger partial charge is 0.353 e. The molecule has 0 spiro atoms. The number of aromatic nitrogens is 1. The van der Waals surface area contributed by atoms with Crippen molar-refractivity contribution in [2.75, 3.05) is 0 Å². The van der Waals surface area contributed by atoms with Gasteiger partial charge < -0.3 is 10.1 Å². The first kappa shape index (κ1) is 9.67. The molecule has 2 N–H and O–H groups in total. The van der Waals surface area contributed by atoms with Crippen LogP contribution in [-0.2, 0) is 0 Å². The first-order valence-corrected chi connectivity index (χ1v) is 5.02. The Hall–Kier alpha value is -1.88. The summed E-state index contributed by atoms with van der Waals surface area (Å²) in [5.41, 5.74) is 0.689. The molecular weight excluding hydrogens is 214 g/mol. The fourth-order valence-corrected chi connectivity index (χ4v) is 2.10. The average molecular weight is 221 g/mol. The molecule has 1 heterocycles. The van der Waals surface area contributed by atoms with Gasteiger partial charge in [0.15, 0.2) is 0 Å². The minimum Gasteiger partial charge on any atom is -0.477 e. The van der Waals surface area contributed by atoms with Crippen LogP contribution in [0.5, 0.6) is 0 Å². The largest absolute Gasteiger partial charge is 0.477 e. The van der Waals surface area contributed by atoms with E-state index in [1.807, 2.05) is 6.07 Å². The maximum absolute atomic E-state index is 11.1. The Morgan fingerprint density at radius 3 is 2.53 bits per heavy atom. The second kappa shape index (κ2) is 3.70. The van der Waals surface area contributed by atoms with Crippen LogP contribution in [0.25, 0.3) is 10.4 Å². The number of hydrogen-bond acceptors (Lipinski definition) is 3. The van der Waals surface area contributed by atoms with E-state index in [0.29, 0.717) is 4.88 Å². The third-order valence-corrected chi connectivity index (χ3v) is 2.83. The molecule has 0 radical (unpaired) electrons. The third kappa shape index (κ3) is 1.82. The highest BCUT2D eigenvalue weighted by Crippen LogP contribution is 2.24. The van der Waals surface area contributed by atoms with Crippen LogP contribution in [0, 0.1) is 0 Å². The van der Waals surface area contributed by atoms with Gasteiger partial charge in [0.1, 0.15) is 5.69 Å². The number of hydrogen-bond donors (Lipinski definition) is 2. The zero-order valence-corrected chi connectivity index (χ0v) is 8.38. The van der Waals surface area contributed by atoms with Gasteiger partial charge in [-0.1, -0.05) is 41.7 Å². The summed E-state index contributed by atoms with van der Waals surface area (Å²) in [4.78, 5) is 24.3. The van der Waals surface area contributed by atoms with Crippen LogP contribution in [-0.4, -0.2) is 16.1 Å². The highest BCUT2D eigenvalue weighted by Gasteiger charge is 2.15. The minimum atomic E-state index is -1.12. The summed E-state index contributed by atoms with van der Waals surface area (Å²) in [7, 11) is 0. The first-order valence-electron chi connectivity index (χ1n) is 4.20. The van der Waals surface area contributed by atoms with Crippen molar-refractivity contribution < 1.29 is 9.90 Å². The molecule has 0 aliphatic rings. The Kier molecular flexibility index (Phi) is 2.39. The van der Waals surface area contributed by atoms with Crippen LogP contribution < -0.4 is 4.87 Å². The van der Waals surface area contributed by atoms with Gasteiger partial charge in [-0.15, -0.1) is 0 Å². The van der Waals surface area contributed by atoms with Crippen LogP contribution >= 0.6 is 11.3 Å². The van der Waals surface area contributed by atoms with Crippen molar-refractivity contribution in [3.8, 4) is 10.4 Å². The SMILES string of the molecule is O=C(O)c1[nH]c(=O)sc1-c1ccccc1. The van der Waals surface area contributed by atoms with E-state index in [0.717, 1.165) is 16.9 Å². The Bertz CT molecular complexity index is 541. The number of carboxylic acid groups (broad SMARTS) is 1. The zero-order valence-electron chi connectivity index (χ0n) is 7.56. The fourth-order valence-electron chi connectivity index (χ4n) is 1.27. The molecule has 1 aromatic heterocycles. The molecule has 0 aliphatic carbocycles. The van der Waals surface area contributed by atoms with E-state index in [-0.39, 0.29) is 10.6 Å². The lowest BCUT2D eigenvalue weighted by molar-refractivity contribution is 0.0692. The second-order valence-corrected chi connectivity index (χ2v) is 3.87. The summed E-state index contributed by atoms with van der Waals surface area (Å²) >= 11 is 0.904. The van der Waals surface area contributed by atoms with Crippen LogP contribution in [0.3, 0.4) is 0 Å². The summed E-state index contributed by atoms with van der Waals surface area (Å²) in [6.07, 6.45) is 0. The van der Waals surface area contributed by atoms with Gasteiger partial charge in [0.25, 0.3) is 0 Å². The highest BCUT2D eigenvalue weighted by molar-refractivity contribution is 7.13. The van der Waals surface area contributed by atoms with E-state index in [1.165, 1.54) is 0 Å². The summed E-state index contributed by atoms with van der Waals surface area (Å²) in [6, 6.07) is 8.97. The Morgan fingerprint density at radius 2 is 1.93 bits per heavy atom. The van der Waals surface area contributed by atoms with Gasteiger partial charge in [-0.2, -0.15) is 0 Å². The number of carboxylic acids is 1. The standard InChI is InChI=1S/C10H7NO3S/c12-9(13)7-8(15-10(14)11-7)6-4-2-1-3-5-6/h1-5H,(H,11,14)(H,12,13). The average Bonchev–Trinajstić information content (AvgIpc) is 2.62. The van der Waals surface area contributed by atoms with Crippen molar-refractivity contribution in [2.45, 2.75) is 0 Å². The predicted octanol–water partition coefficient (Wildman–Crippen LogP) is 1.80. The minimum absolute atomic E-state index is 0.0452. The van der Waals surface area contributed by atoms with Crippen molar-refractivity contribution in [3.63, 3.8) is 0 Å². The highest BCUT2D eigenvalue weighted by atomic mass is 32.1. The van der Waals surface area contributed by atoms with Crippen LogP contribution in [0.2, 0.25) is 0 Å². The van der Waals surface area contributed by atoms with E-state index < -0.39 is 5.97 Å². The number of aromatic amines is 1. The molecule has 2 rings (SSSR count). The summed E-state index contributed by atoms with van der Waals surface area (Å²) in [5, 5.41) is 8.88. The molecule has 0 atom stereocenters. The van der Waals surface area contributed by atoms with E-state index in [1.54, 1.807) is 24.3 Å². The number of thiazole rings is 1. The van der Waals surface area contributed by atoms with Gasteiger partial charge >= 0.3 is 10.8 Å². The molecule has 5 heteroatoms. The van der Waals surface area contributed by atoms with E-state index >= 15 is 0 Å². The quantitative estimate of drug-likeness (QED) is 0.812. The molecule has 1 aromatic carbocycles. The van der Waals surface area contributed by atoms with Gasteiger partial charge in [0.05, 0.1) is 4.88 Å². The lowest BCUT2D eigenvalue weighted by atomic mass is 10.1. The maximum Gasteiger partial charge on any atom is 0.353 e. The lowest BCUT2D eigenvalue weighted by Crippen LogP contribution is -2.02. The molecule has 0 fully saturated rings. The van der Waals surface area contributed by atoms with Gasteiger partial charge in [-0.25, -0.2) is 4.79 Å². The van der Waals surface area contributed by atoms with Crippen molar-refractivity contribution >= 4 is 17.3 Å². The second-order valence-electron chi connectivity index (χ2n) is 2.89. The normalized spacial score (nSPS) is 10.1. The summed E-state index contributed by atoms with van der Waals surface area (Å²) in [5.74, 6) is -1.12. The van der Waals surface area contributed by atoms with Gasteiger partial charge in [-0.05, 0) is 5.56 Å². The number of aromatic carboxylic acids is 1. The van der Waals surface area contributed by atoms with E-state index in [4.69, 9.17) is 5.11 Å². The molecule has 2 aromatic rings. The lowest BCUT2D eigenvalue weighted by Gasteiger charge is -1.97. The molecule has 0 saturated heterocycles. The Morgan fingerprint density at radius 1 is 1.27 bits per heavy atom. The summed E-state index contributed by atoms with van der Waals surface area (Å²) < 4.78 is 0. The van der Waals surface area contributed by atoms with Crippen molar-refractivity contribution in [3.05, 3.63) is 45.7 Å². The van der Waals surface area contributed by atoms with Crippen molar-refractivity contribution in [1.29, 1.82) is 0 Å². The molecule has 0 aliphatic heterocycles. The molecule has 15 heavy (non-hydrogen) atoms. The van der Waals surface area contributed by atoms with Crippen molar-refractivity contribution in [2.24, 2.45) is 0 Å². The van der Waals surface area contributed by atoms with Crippen molar-refractivity contribution in [1.82, 2.24) is 4.98 Å². The topological polar surface area (TPSA) is 70.2 Å². The number of nitrogens with one attached hydrogen (secondary N) is 1. The van der Waals surface area contributed by atoms with E-state index in [2.05, 4.69) is 4.98 Å². The zero-order chi connectivity index (χ0) is 10.8. The molecular formula is C10H7NO3S. The molecule has 0 unspecified atom stereocenters. The van der Waals surface area contributed by atoms with Gasteiger partial charge in [-0.3, -0.25) is 4.79 Å². The summed E-state index contributed by atoms with van der Waals surface area (Å²) in [6.45, 7) is 0. The Labute approximate surface area is 88.8 Å². The van der Waals surface area contributed by atoms with E-state index in [9.17, 15) is 9.59 Å². The third-order valence-electron chi connectivity index (χ3n) is 1.90. The number of rotatable bonds is 2. The molecule has 0 saturated carbocycles. The van der Waals surface area contributed by atoms with Gasteiger partial charge in [0, 0.05) is 0 Å². The van der Waals surface area contributed by atoms with Gasteiger partial charge in [0.2, 0.25) is 0 Å². The first-order chi connectivity index (χ1) is 7.18. The molecule has 76 valence electrons. The van der Waals surface area contributed by atoms with Crippen LogP contribution in [0.15, 0.2) is 35.1 Å². The molecule has 4 nitrogen and oxygen atoms in total. The monoisotopic (exact) mass is 221 g/mol. The molecule has 0 bridgehead atoms. The molecule has 0 amide bonds. The van der Waals surface area contributed by atoms with Crippen LogP contribution in [0.4, 0.5) is 0 Å². The number of H-pyrrole nitrogens is 1. The van der Waals surface area contributed by atoms with Crippen LogP contribution in [0.1, 0.15) is 10.5 Å².